The Balaban J connectivity index is 2.16. The lowest BCUT2D eigenvalue weighted by Gasteiger charge is -2.21. The van der Waals surface area contributed by atoms with Crippen LogP contribution in [0, 0.1) is 0 Å². The van der Waals surface area contributed by atoms with Crippen LogP contribution in [0.5, 0.6) is 0 Å². The first kappa shape index (κ1) is 20.4. The molecule has 2 amide bonds. The number of primary amides is 1. The average Bonchev–Trinajstić information content (AvgIpc) is 2.62. The summed E-state index contributed by atoms with van der Waals surface area (Å²) in [4.78, 5) is 24.2. The summed E-state index contributed by atoms with van der Waals surface area (Å²) in [6.45, 7) is 0. The second-order valence-electron chi connectivity index (χ2n) is 5.89. The first-order valence-electron chi connectivity index (χ1n) is 8.06. The number of halogens is 3. The summed E-state index contributed by atoms with van der Waals surface area (Å²) in [7, 11) is 1.34. The minimum Gasteiger partial charge on any atom is -0.368 e. The van der Waals surface area contributed by atoms with Gasteiger partial charge in [0.25, 0.3) is 5.91 Å². The Morgan fingerprint density at radius 1 is 1.11 bits per heavy atom. The lowest BCUT2D eigenvalue weighted by atomic mass is 10.0. The fourth-order valence-corrected chi connectivity index (χ4v) is 2.60. The number of nitrogens with two attached hydrogens (primary N) is 1. The van der Waals surface area contributed by atoms with Crippen LogP contribution in [0.3, 0.4) is 0 Å². The molecule has 8 heteroatoms. The van der Waals surface area contributed by atoms with Gasteiger partial charge in [0.2, 0.25) is 5.91 Å². The number of methoxy groups -OCH3 is 1. The van der Waals surface area contributed by atoms with Crippen molar-refractivity contribution in [3.05, 3.63) is 71.3 Å². The Labute approximate surface area is 154 Å². The van der Waals surface area contributed by atoms with Crippen molar-refractivity contribution in [3.8, 4) is 0 Å². The van der Waals surface area contributed by atoms with Gasteiger partial charge in [0.15, 0.2) is 6.10 Å². The molecule has 0 radical (unpaired) electrons. The molecule has 27 heavy (non-hydrogen) atoms. The molecule has 0 saturated carbocycles. The number of amides is 2. The normalized spacial score (nSPS) is 13.6. The zero-order valence-electron chi connectivity index (χ0n) is 14.5. The number of benzene rings is 2. The molecule has 0 spiro atoms. The van der Waals surface area contributed by atoms with Crippen LogP contribution in [0.2, 0.25) is 0 Å². The van der Waals surface area contributed by atoms with Gasteiger partial charge in [0, 0.05) is 13.5 Å². The van der Waals surface area contributed by atoms with E-state index in [4.69, 9.17) is 10.5 Å². The van der Waals surface area contributed by atoms with E-state index in [1.165, 1.54) is 19.2 Å². The predicted octanol–water partition coefficient (Wildman–Crippen LogP) is 2.61. The van der Waals surface area contributed by atoms with Crippen molar-refractivity contribution in [1.82, 2.24) is 5.32 Å². The van der Waals surface area contributed by atoms with Gasteiger partial charge >= 0.3 is 6.18 Å². The van der Waals surface area contributed by atoms with Crippen molar-refractivity contribution in [1.29, 1.82) is 0 Å². The molecule has 0 unspecified atom stereocenters. The van der Waals surface area contributed by atoms with Crippen LogP contribution < -0.4 is 11.1 Å². The largest absolute Gasteiger partial charge is 0.416 e. The molecule has 0 aromatic heterocycles. The van der Waals surface area contributed by atoms with Gasteiger partial charge in [0.1, 0.15) is 6.04 Å². The Kier molecular flexibility index (Phi) is 6.57. The Morgan fingerprint density at radius 2 is 1.78 bits per heavy atom. The summed E-state index contributed by atoms with van der Waals surface area (Å²) in [5, 5.41) is 2.45. The number of hydrogen-bond donors (Lipinski definition) is 2. The van der Waals surface area contributed by atoms with Gasteiger partial charge in [-0.1, -0.05) is 48.5 Å². The van der Waals surface area contributed by atoms with E-state index in [9.17, 15) is 22.8 Å². The highest BCUT2D eigenvalue weighted by Gasteiger charge is 2.31. The van der Waals surface area contributed by atoms with E-state index in [2.05, 4.69) is 5.32 Å². The van der Waals surface area contributed by atoms with Gasteiger partial charge in [0.05, 0.1) is 5.56 Å². The monoisotopic (exact) mass is 380 g/mol. The smallest absolute Gasteiger partial charge is 0.368 e. The molecule has 5 nitrogen and oxygen atoms in total. The van der Waals surface area contributed by atoms with Gasteiger partial charge < -0.3 is 15.8 Å². The Hall–Kier alpha value is -2.87. The maximum Gasteiger partial charge on any atom is 0.416 e. The molecule has 2 aromatic carbocycles. The van der Waals surface area contributed by atoms with Gasteiger partial charge in [-0.3, -0.25) is 9.59 Å². The third-order valence-corrected chi connectivity index (χ3v) is 3.93. The maximum atomic E-state index is 12.8. The lowest BCUT2D eigenvalue weighted by Crippen LogP contribution is -2.47. The van der Waals surface area contributed by atoms with E-state index in [0.29, 0.717) is 5.56 Å². The summed E-state index contributed by atoms with van der Waals surface area (Å²) in [5.41, 5.74) is 5.27. The lowest BCUT2D eigenvalue weighted by molar-refractivity contribution is -0.137. The fourth-order valence-electron chi connectivity index (χ4n) is 2.60. The van der Waals surface area contributed by atoms with E-state index >= 15 is 0 Å². The zero-order valence-corrected chi connectivity index (χ0v) is 14.5. The van der Waals surface area contributed by atoms with Crippen LogP contribution in [0.1, 0.15) is 22.8 Å². The molecule has 0 aliphatic heterocycles. The van der Waals surface area contributed by atoms with Crippen molar-refractivity contribution in [2.45, 2.75) is 24.7 Å². The predicted molar refractivity (Wildman–Crippen MR) is 92.5 cm³/mol. The summed E-state index contributed by atoms with van der Waals surface area (Å²) in [6, 6.07) is 11.9. The minimum absolute atomic E-state index is 0.170. The van der Waals surface area contributed by atoms with Crippen LogP contribution in [0.4, 0.5) is 13.2 Å². The molecule has 2 aromatic rings. The van der Waals surface area contributed by atoms with Crippen LogP contribution >= 0.6 is 0 Å². The molecule has 0 saturated heterocycles. The Bertz CT molecular complexity index is 794. The zero-order chi connectivity index (χ0) is 20.0. The molecule has 0 aliphatic rings. The summed E-state index contributed by atoms with van der Waals surface area (Å²) in [5.74, 6) is -1.47. The summed E-state index contributed by atoms with van der Waals surface area (Å²) in [6.07, 6.45) is -5.65. The number of ether oxygens (including phenoxy) is 1. The number of rotatable bonds is 7. The molecule has 2 atom stereocenters. The minimum atomic E-state index is -4.50. The third-order valence-electron chi connectivity index (χ3n) is 3.93. The molecule has 3 N–H and O–H groups in total. The van der Waals surface area contributed by atoms with Crippen LogP contribution in [0.15, 0.2) is 54.6 Å². The second-order valence-corrected chi connectivity index (χ2v) is 5.89. The van der Waals surface area contributed by atoms with Crippen molar-refractivity contribution in [2.75, 3.05) is 7.11 Å². The average molecular weight is 380 g/mol. The van der Waals surface area contributed by atoms with Gasteiger partial charge in [-0.05, 0) is 17.2 Å². The van der Waals surface area contributed by atoms with Crippen molar-refractivity contribution in [2.24, 2.45) is 5.73 Å². The fraction of sp³-hybridized carbons (Fsp3) is 0.263. The van der Waals surface area contributed by atoms with E-state index < -0.39 is 35.7 Å². The highest BCUT2D eigenvalue weighted by molar-refractivity contribution is 5.89. The first-order chi connectivity index (χ1) is 12.7. The van der Waals surface area contributed by atoms with Crippen LogP contribution in [-0.4, -0.2) is 25.0 Å². The molecule has 0 heterocycles. The summed E-state index contributed by atoms with van der Waals surface area (Å²) < 4.78 is 43.7. The molecular formula is C19H19F3N2O3. The highest BCUT2D eigenvalue weighted by atomic mass is 19.4. The van der Waals surface area contributed by atoms with E-state index in [-0.39, 0.29) is 12.0 Å². The van der Waals surface area contributed by atoms with Gasteiger partial charge in [-0.25, -0.2) is 0 Å². The standard InChI is InChI=1S/C19H19F3N2O3/c1-27-16(13-7-3-2-4-8-13)18(26)24-15(17(23)25)11-12-6-5-9-14(10-12)19(20,21)22/h2-10,15-16H,11H2,1H3,(H2,23,25)(H,24,26)/t15-,16+/m0/s1. The maximum absolute atomic E-state index is 12.8. The van der Waals surface area contributed by atoms with Crippen molar-refractivity contribution in [3.63, 3.8) is 0 Å². The molecule has 2 rings (SSSR count). The molecule has 0 fully saturated rings. The first-order valence-corrected chi connectivity index (χ1v) is 8.06. The number of hydrogen-bond acceptors (Lipinski definition) is 3. The SMILES string of the molecule is CO[C@@H](C(=O)N[C@@H](Cc1cccc(C(F)(F)F)c1)C(N)=O)c1ccccc1. The third kappa shape index (κ3) is 5.55. The van der Waals surface area contributed by atoms with Gasteiger partial charge in [-0.15, -0.1) is 0 Å². The topological polar surface area (TPSA) is 81.4 Å². The second kappa shape index (κ2) is 8.68. The quantitative estimate of drug-likeness (QED) is 0.775. The summed E-state index contributed by atoms with van der Waals surface area (Å²) >= 11 is 0. The van der Waals surface area contributed by atoms with E-state index in [1.807, 2.05) is 0 Å². The van der Waals surface area contributed by atoms with Gasteiger partial charge in [-0.2, -0.15) is 13.2 Å². The van der Waals surface area contributed by atoms with E-state index in [1.54, 1.807) is 30.3 Å². The number of nitrogens with one attached hydrogen (secondary N) is 1. The van der Waals surface area contributed by atoms with Crippen LogP contribution in [0.25, 0.3) is 0 Å². The molecule has 144 valence electrons. The molecule has 0 bridgehead atoms. The highest BCUT2D eigenvalue weighted by Crippen LogP contribution is 2.29. The number of alkyl halides is 3. The number of carbonyl (C=O) groups excluding carboxylic acids is 2. The van der Waals surface area contributed by atoms with E-state index in [0.717, 1.165) is 12.1 Å². The van der Waals surface area contributed by atoms with Crippen LogP contribution in [-0.2, 0) is 26.9 Å². The molecule has 0 aliphatic carbocycles. The Morgan fingerprint density at radius 3 is 2.33 bits per heavy atom. The molecular weight excluding hydrogens is 361 g/mol. The van der Waals surface area contributed by atoms with Crippen molar-refractivity contribution >= 4 is 11.8 Å². The van der Waals surface area contributed by atoms with Crippen molar-refractivity contribution < 1.29 is 27.5 Å². The number of carbonyl (C=O) groups is 2.